The third-order valence-corrected chi connectivity index (χ3v) is 5.97. The number of pyridine rings is 2. The van der Waals surface area contributed by atoms with Gasteiger partial charge in [-0.05, 0) is 56.0 Å². The molecule has 1 fully saturated rings. The van der Waals surface area contributed by atoms with Crippen molar-refractivity contribution in [3.63, 3.8) is 0 Å². The van der Waals surface area contributed by atoms with Gasteiger partial charge < -0.3 is 9.80 Å². The molecule has 0 bridgehead atoms. The predicted molar refractivity (Wildman–Crippen MR) is 116 cm³/mol. The van der Waals surface area contributed by atoms with Gasteiger partial charge in [-0.2, -0.15) is 13.8 Å². The van der Waals surface area contributed by atoms with Crippen molar-refractivity contribution >= 4 is 22.7 Å². The summed E-state index contributed by atoms with van der Waals surface area (Å²) < 4.78 is 27.0. The Bertz CT molecular complexity index is 1140. The number of fused-ring (bicyclic) bond motifs is 1. The van der Waals surface area contributed by atoms with Gasteiger partial charge in [0.1, 0.15) is 0 Å². The number of rotatable bonds is 5. The molecule has 1 aliphatic rings. The minimum Gasteiger partial charge on any atom is -0.339 e. The van der Waals surface area contributed by atoms with Gasteiger partial charge in [-0.1, -0.05) is 12.1 Å². The highest BCUT2D eigenvalue weighted by Crippen LogP contribution is 2.24. The normalized spacial score (nSPS) is 14.5. The molecule has 2 aromatic heterocycles. The minimum absolute atomic E-state index is 0.0232. The van der Waals surface area contributed by atoms with E-state index >= 15 is 0 Å². The van der Waals surface area contributed by atoms with Gasteiger partial charge in [-0.3, -0.25) is 14.6 Å². The third-order valence-electron chi connectivity index (χ3n) is 5.97. The minimum atomic E-state index is -1.10. The lowest BCUT2D eigenvalue weighted by atomic mass is 9.95. The molecule has 0 radical (unpaired) electrons. The van der Waals surface area contributed by atoms with E-state index in [1.165, 1.54) is 0 Å². The van der Waals surface area contributed by atoms with Crippen molar-refractivity contribution in [2.75, 3.05) is 26.2 Å². The maximum atomic E-state index is 13.9. The number of carbonyl (C=O) groups excluding carboxylic acids is 2. The maximum absolute atomic E-state index is 13.9. The van der Waals surface area contributed by atoms with Crippen molar-refractivity contribution in [1.29, 1.82) is 0 Å². The molecule has 0 atom stereocenters. The van der Waals surface area contributed by atoms with E-state index in [0.717, 1.165) is 35.9 Å². The lowest BCUT2D eigenvalue weighted by molar-refractivity contribution is 0.0613. The van der Waals surface area contributed by atoms with Crippen LogP contribution in [0.4, 0.5) is 8.78 Å². The maximum Gasteiger partial charge on any atom is 0.258 e. The molecule has 0 spiro atoms. The molecule has 0 N–H and O–H groups in total. The molecular formula is C24H24F2N4O2. The van der Waals surface area contributed by atoms with E-state index in [9.17, 15) is 18.4 Å². The Balaban J connectivity index is 1.39. The Labute approximate surface area is 184 Å². The van der Waals surface area contributed by atoms with Gasteiger partial charge in [0.05, 0.1) is 11.1 Å². The van der Waals surface area contributed by atoms with Crippen molar-refractivity contribution in [3.8, 4) is 0 Å². The fourth-order valence-corrected chi connectivity index (χ4v) is 4.19. The first kappa shape index (κ1) is 21.8. The van der Waals surface area contributed by atoms with Crippen LogP contribution in [0.3, 0.4) is 0 Å². The third kappa shape index (κ3) is 4.44. The molecule has 166 valence electrons. The summed E-state index contributed by atoms with van der Waals surface area (Å²) in [5.74, 6) is -2.39. The van der Waals surface area contributed by atoms with Gasteiger partial charge in [0.25, 0.3) is 11.8 Å². The molecule has 1 saturated heterocycles. The number of aromatic nitrogens is 2. The van der Waals surface area contributed by atoms with Gasteiger partial charge >= 0.3 is 0 Å². The van der Waals surface area contributed by atoms with Crippen LogP contribution < -0.4 is 0 Å². The first-order chi connectivity index (χ1) is 15.5. The molecule has 0 aliphatic carbocycles. The Morgan fingerprint density at radius 1 is 1.06 bits per heavy atom. The fraction of sp³-hybridized carbons (Fsp3) is 0.333. The Kier molecular flexibility index (Phi) is 6.39. The van der Waals surface area contributed by atoms with Crippen LogP contribution in [-0.2, 0) is 0 Å². The molecule has 3 heterocycles. The van der Waals surface area contributed by atoms with E-state index in [1.807, 2.05) is 42.2 Å². The largest absolute Gasteiger partial charge is 0.339 e. The summed E-state index contributed by atoms with van der Waals surface area (Å²) in [5.41, 5.74) is 1.19. The van der Waals surface area contributed by atoms with E-state index in [0.29, 0.717) is 31.7 Å². The molecule has 6 nitrogen and oxygen atoms in total. The molecule has 8 heteroatoms. The summed E-state index contributed by atoms with van der Waals surface area (Å²) in [6, 6.07) is 11.4. The molecule has 0 unspecified atom stereocenters. The van der Waals surface area contributed by atoms with Crippen LogP contribution in [0.1, 0.15) is 40.5 Å². The van der Waals surface area contributed by atoms with Crippen molar-refractivity contribution in [3.05, 3.63) is 71.7 Å². The quantitative estimate of drug-likeness (QED) is 0.567. The monoisotopic (exact) mass is 438 g/mol. The molecule has 1 aromatic carbocycles. The smallest absolute Gasteiger partial charge is 0.258 e. The highest BCUT2D eigenvalue weighted by Gasteiger charge is 2.28. The fourth-order valence-electron chi connectivity index (χ4n) is 4.19. The van der Waals surface area contributed by atoms with Gasteiger partial charge in [-0.15, -0.1) is 0 Å². The van der Waals surface area contributed by atoms with E-state index in [-0.39, 0.29) is 17.4 Å². The van der Waals surface area contributed by atoms with Crippen molar-refractivity contribution in [1.82, 2.24) is 19.8 Å². The Morgan fingerprint density at radius 3 is 2.56 bits per heavy atom. The van der Waals surface area contributed by atoms with Crippen molar-refractivity contribution in [2.24, 2.45) is 5.92 Å². The summed E-state index contributed by atoms with van der Waals surface area (Å²) in [4.78, 5) is 36.6. The first-order valence-corrected chi connectivity index (χ1v) is 10.7. The second kappa shape index (κ2) is 9.38. The zero-order valence-corrected chi connectivity index (χ0v) is 17.8. The van der Waals surface area contributed by atoms with Crippen LogP contribution in [-0.4, -0.2) is 57.8 Å². The summed E-state index contributed by atoms with van der Waals surface area (Å²) in [6.07, 6.45) is 3.18. The number of halogens is 2. The SMILES string of the molecule is CCN(CC1CCN(C(=O)c2cccc3ncccc23)CC1)C(=O)c1ccc(F)nc1F. The van der Waals surface area contributed by atoms with Crippen LogP contribution in [0.5, 0.6) is 0 Å². The van der Waals surface area contributed by atoms with E-state index < -0.39 is 17.8 Å². The number of carbonyl (C=O) groups is 2. The molecule has 32 heavy (non-hydrogen) atoms. The van der Waals surface area contributed by atoms with Crippen molar-refractivity contribution < 1.29 is 18.4 Å². The van der Waals surface area contributed by atoms with Crippen LogP contribution in [0.15, 0.2) is 48.7 Å². The first-order valence-electron chi connectivity index (χ1n) is 10.7. The van der Waals surface area contributed by atoms with E-state index in [1.54, 1.807) is 11.1 Å². The number of hydrogen-bond donors (Lipinski definition) is 0. The van der Waals surface area contributed by atoms with Crippen molar-refractivity contribution in [2.45, 2.75) is 19.8 Å². The molecular weight excluding hydrogens is 414 g/mol. The van der Waals surface area contributed by atoms with E-state index in [2.05, 4.69) is 9.97 Å². The summed E-state index contributed by atoms with van der Waals surface area (Å²) >= 11 is 0. The topological polar surface area (TPSA) is 66.4 Å². The zero-order chi connectivity index (χ0) is 22.7. The van der Waals surface area contributed by atoms with Crippen LogP contribution in [0.25, 0.3) is 10.9 Å². The highest BCUT2D eigenvalue weighted by molar-refractivity contribution is 6.06. The Hall–Kier alpha value is -3.42. The number of piperidine rings is 1. The van der Waals surface area contributed by atoms with Gasteiger partial charge in [0.2, 0.25) is 11.9 Å². The van der Waals surface area contributed by atoms with Gasteiger partial charge in [0.15, 0.2) is 0 Å². The molecule has 3 aromatic rings. The second-order valence-electron chi connectivity index (χ2n) is 7.93. The number of likely N-dealkylation sites (tertiary alicyclic amines) is 1. The van der Waals surface area contributed by atoms with E-state index in [4.69, 9.17) is 0 Å². The van der Waals surface area contributed by atoms with Crippen LogP contribution >= 0.6 is 0 Å². The molecule has 1 aliphatic heterocycles. The summed E-state index contributed by atoms with van der Waals surface area (Å²) in [5, 5.41) is 0.833. The number of benzene rings is 1. The molecule has 2 amide bonds. The average molecular weight is 438 g/mol. The lowest BCUT2D eigenvalue weighted by Gasteiger charge is -2.35. The predicted octanol–water partition coefficient (Wildman–Crippen LogP) is 3.92. The number of hydrogen-bond acceptors (Lipinski definition) is 4. The standard InChI is InChI=1S/C24H24F2N4O2/c1-2-29(24(32)19-8-9-21(25)28-22(19)26)15-16-10-13-30(14-11-16)23(31)18-5-3-7-20-17(18)6-4-12-27-20/h3-9,12,16H,2,10-11,13-15H2,1H3. The summed E-state index contributed by atoms with van der Waals surface area (Å²) in [7, 11) is 0. The Morgan fingerprint density at radius 2 is 1.84 bits per heavy atom. The zero-order valence-electron chi connectivity index (χ0n) is 17.8. The van der Waals surface area contributed by atoms with Gasteiger partial charge in [-0.25, -0.2) is 0 Å². The number of nitrogens with zero attached hydrogens (tertiary/aromatic N) is 4. The molecule has 4 rings (SSSR count). The molecule has 0 saturated carbocycles. The lowest BCUT2D eigenvalue weighted by Crippen LogP contribution is -2.43. The average Bonchev–Trinajstić information content (AvgIpc) is 2.81. The second-order valence-corrected chi connectivity index (χ2v) is 7.93. The summed E-state index contributed by atoms with van der Waals surface area (Å²) in [6.45, 7) is 3.83. The van der Waals surface area contributed by atoms with Crippen LogP contribution in [0.2, 0.25) is 0 Å². The number of amides is 2. The van der Waals surface area contributed by atoms with Gasteiger partial charge in [0, 0.05) is 43.3 Å². The van der Waals surface area contributed by atoms with Crippen LogP contribution in [0, 0.1) is 17.8 Å². The highest BCUT2D eigenvalue weighted by atomic mass is 19.1.